The lowest BCUT2D eigenvalue weighted by molar-refractivity contribution is 0.276. The third kappa shape index (κ3) is 6.83. The molecule has 4 nitrogen and oxygen atoms in total. The van der Waals surface area contributed by atoms with Gasteiger partial charge >= 0.3 is 7.12 Å². The summed E-state index contributed by atoms with van der Waals surface area (Å²) in [5.41, 5.74) is 2.53. The van der Waals surface area contributed by atoms with Gasteiger partial charge in [0.25, 0.3) is 0 Å². The Morgan fingerprint density at radius 1 is 0.926 bits per heavy atom. The molecule has 0 aromatic heterocycles. The number of hydrogen-bond acceptors (Lipinski definition) is 4. The summed E-state index contributed by atoms with van der Waals surface area (Å²) in [7, 11) is -5.63. The minimum Gasteiger partial charge on any atom is -0.432 e. The molecule has 0 aliphatic rings. The van der Waals surface area contributed by atoms with Crippen LogP contribution in [0.5, 0.6) is 0 Å². The smallest absolute Gasteiger partial charge is 0.432 e. The van der Waals surface area contributed by atoms with Gasteiger partial charge in [0.1, 0.15) is 0 Å². The molecule has 1 aromatic rings. The highest BCUT2D eigenvalue weighted by molar-refractivity contribution is 6.74. The van der Waals surface area contributed by atoms with E-state index in [0.717, 1.165) is 24.0 Å². The van der Waals surface area contributed by atoms with Crippen molar-refractivity contribution in [2.75, 3.05) is 0 Å². The molecule has 0 unspecified atom stereocenters. The molecule has 0 radical (unpaired) electrons. The fourth-order valence-electron chi connectivity index (χ4n) is 2.41. The van der Waals surface area contributed by atoms with Gasteiger partial charge in [-0.15, -0.1) is 0 Å². The van der Waals surface area contributed by atoms with Crippen molar-refractivity contribution in [1.82, 2.24) is 0 Å². The van der Waals surface area contributed by atoms with Gasteiger partial charge in [0.15, 0.2) is 16.6 Å². The van der Waals surface area contributed by atoms with E-state index in [4.69, 9.17) is 4.43 Å². The van der Waals surface area contributed by atoms with E-state index < -0.39 is 23.8 Å². The second-order valence-corrected chi connectivity index (χ2v) is 19.7. The number of benzene rings is 1. The van der Waals surface area contributed by atoms with Crippen LogP contribution in [0.25, 0.3) is 0 Å². The van der Waals surface area contributed by atoms with Gasteiger partial charge in [-0.2, -0.15) is 0 Å². The van der Waals surface area contributed by atoms with Crippen LogP contribution in [0.2, 0.25) is 36.3 Å². The van der Waals surface area contributed by atoms with E-state index in [9.17, 15) is 14.8 Å². The Kier molecular flexibility index (Phi) is 7.75. The second kappa shape index (κ2) is 8.51. The van der Waals surface area contributed by atoms with Gasteiger partial charge in [0.2, 0.25) is 0 Å². The van der Waals surface area contributed by atoms with Crippen molar-refractivity contribution in [2.24, 2.45) is 0 Å². The van der Waals surface area contributed by atoms with E-state index in [0.29, 0.717) is 12.1 Å². The van der Waals surface area contributed by atoms with E-state index >= 15 is 0 Å². The zero-order valence-electron chi connectivity index (χ0n) is 18.7. The summed E-state index contributed by atoms with van der Waals surface area (Å²) in [6.45, 7) is 19.7. The van der Waals surface area contributed by atoms with Crippen molar-refractivity contribution in [3.05, 3.63) is 29.3 Å². The van der Waals surface area contributed by atoms with Crippen LogP contribution >= 0.6 is 0 Å². The Hall–Kier alpha value is -0.441. The molecule has 0 spiro atoms. The molecule has 27 heavy (non-hydrogen) atoms. The predicted molar refractivity (Wildman–Crippen MR) is 120 cm³/mol. The summed E-state index contributed by atoms with van der Waals surface area (Å²) in [4.78, 5) is 10.5. The zero-order chi connectivity index (χ0) is 21.3. The Labute approximate surface area is 168 Å². The Bertz CT molecular complexity index is 584. The van der Waals surface area contributed by atoms with E-state index in [-0.39, 0.29) is 10.1 Å². The van der Waals surface area contributed by atoms with Gasteiger partial charge in [0.05, 0.1) is 6.61 Å². The molecule has 0 aliphatic carbocycles. The molecule has 0 bridgehead atoms. The number of rotatable bonds is 8. The fourth-order valence-corrected chi connectivity index (χ4v) is 4.11. The summed E-state index contributed by atoms with van der Waals surface area (Å²) >= 11 is 0. The summed E-state index contributed by atoms with van der Waals surface area (Å²) in [6, 6.07) is 5.76. The predicted octanol–water partition coefficient (Wildman–Crippen LogP) is 3.80. The average Bonchev–Trinajstić information content (AvgIpc) is 2.48. The second-order valence-electron chi connectivity index (χ2n) is 10.4. The fraction of sp³-hybridized carbons (Fsp3) is 0.700. The normalized spacial score (nSPS) is 13.8. The van der Waals surface area contributed by atoms with Crippen LogP contribution in [-0.4, -0.2) is 38.6 Å². The molecule has 1 rings (SSSR count). The van der Waals surface area contributed by atoms with Crippen LogP contribution in [0.4, 0.5) is 0 Å². The lowest BCUT2D eigenvalue weighted by Gasteiger charge is -2.36. The van der Waals surface area contributed by atoms with E-state index in [1.165, 1.54) is 0 Å². The van der Waals surface area contributed by atoms with E-state index in [2.05, 4.69) is 53.8 Å². The molecule has 154 valence electrons. The van der Waals surface area contributed by atoms with E-state index in [1.807, 2.05) is 25.2 Å². The van der Waals surface area contributed by atoms with Crippen LogP contribution in [0.15, 0.2) is 18.2 Å². The van der Waals surface area contributed by atoms with E-state index in [1.54, 1.807) is 0 Å². The molecule has 7 heteroatoms. The first-order valence-corrected chi connectivity index (χ1v) is 15.7. The molecule has 0 saturated heterocycles. The quantitative estimate of drug-likeness (QED) is 0.570. The Balaban J connectivity index is 3.01. The molecule has 0 saturated carbocycles. The van der Waals surface area contributed by atoms with Crippen LogP contribution in [0.3, 0.4) is 0 Å². The molecular weight excluding hydrogens is 371 g/mol. The molecule has 3 N–H and O–H groups in total. The lowest BCUT2D eigenvalue weighted by Crippen LogP contribution is -2.40. The van der Waals surface area contributed by atoms with Crippen molar-refractivity contribution >= 4 is 29.2 Å². The maximum atomic E-state index is 10.5. The van der Waals surface area contributed by atoms with Crippen molar-refractivity contribution in [1.29, 1.82) is 0 Å². The average molecular weight is 411 g/mol. The van der Waals surface area contributed by atoms with Crippen LogP contribution in [0, 0.1) is 0 Å². The lowest BCUT2D eigenvalue weighted by atomic mass is 9.78. The minimum absolute atomic E-state index is 0.112. The summed E-state index contributed by atoms with van der Waals surface area (Å²) in [6.07, 6.45) is 1.65. The highest BCUT2D eigenvalue weighted by Gasteiger charge is 2.38. The maximum Gasteiger partial charge on any atom is 0.488 e. The number of hydrogen-bond donors (Lipinski definition) is 3. The summed E-state index contributed by atoms with van der Waals surface area (Å²) in [5, 5.41) is 19.4. The maximum absolute atomic E-state index is 10.5. The van der Waals surface area contributed by atoms with Crippen molar-refractivity contribution in [2.45, 2.75) is 90.3 Å². The topological polar surface area (TPSA) is 69.9 Å². The van der Waals surface area contributed by atoms with Gasteiger partial charge < -0.3 is 19.3 Å². The van der Waals surface area contributed by atoms with Crippen molar-refractivity contribution in [3.8, 4) is 0 Å². The van der Waals surface area contributed by atoms with Crippen LogP contribution in [-0.2, 0) is 17.5 Å². The van der Waals surface area contributed by atoms with Gasteiger partial charge in [-0.05, 0) is 65.7 Å². The van der Waals surface area contributed by atoms with Crippen molar-refractivity contribution < 1.29 is 19.3 Å². The molecular formula is C20H39BO4Si2. The molecule has 0 heterocycles. The highest BCUT2D eigenvalue weighted by atomic mass is 28.4. The highest BCUT2D eigenvalue weighted by Crippen LogP contribution is 2.40. The number of aryl methyl sites for hydroxylation is 1. The van der Waals surface area contributed by atoms with Gasteiger partial charge in [0, 0.05) is 0 Å². The SMILES string of the molecule is CC(C)(CCc1cc(CO[Si](C)(C)C(C)(C)C)cc(B(O)O)c1)[Si](C)(C)O. The van der Waals surface area contributed by atoms with Gasteiger partial charge in [-0.3, -0.25) is 0 Å². The molecule has 0 atom stereocenters. The van der Waals surface area contributed by atoms with Crippen LogP contribution in [0.1, 0.15) is 52.2 Å². The van der Waals surface area contributed by atoms with Gasteiger partial charge in [-0.25, -0.2) is 0 Å². The Morgan fingerprint density at radius 3 is 1.89 bits per heavy atom. The van der Waals surface area contributed by atoms with Crippen LogP contribution < -0.4 is 5.46 Å². The summed E-state index contributed by atoms with van der Waals surface area (Å²) in [5.74, 6) is 0. The third-order valence-electron chi connectivity index (χ3n) is 6.47. The first-order valence-electron chi connectivity index (χ1n) is 9.81. The monoisotopic (exact) mass is 410 g/mol. The molecule has 1 aromatic carbocycles. The zero-order valence-corrected chi connectivity index (χ0v) is 20.7. The first kappa shape index (κ1) is 24.6. The Morgan fingerprint density at radius 2 is 1.44 bits per heavy atom. The molecule has 0 amide bonds. The molecule has 0 aliphatic heterocycles. The standard InChI is InChI=1S/C20H39BO4Si2/c1-19(2,3)27(8,9)25-15-17-12-16(13-18(14-17)21(22)23)10-11-20(4,5)26(6,7)24/h12-14,22-24H,10-11,15H2,1-9H3. The third-order valence-corrected chi connectivity index (χ3v) is 14.5. The van der Waals surface area contributed by atoms with Gasteiger partial charge in [-0.1, -0.05) is 52.8 Å². The minimum atomic E-state index is -2.27. The first-order chi connectivity index (χ1) is 12.0. The summed E-state index contributed by atoms with van der Waals surface area (Å²) < 4.78 is 6.31. The molecule has 0 fully saturated rings. The van der Waals surface area contributed by atoms with Crippen molar-refractivity contribution in [3.63, 3.8) is 0 Å². The largest absolute Gasteiger partial charge is 0.488 e.